The molecule has 0 aromatic heterocycles. The first-order valence-electron chi connectivity index (χ1n) is 9.56. The molecule has 0 saturated heterocycles. The van der Waals surface area contributed by atoms with Crippen molar-refractivity contribution in [1.29, 1.82) is 0 Å². The van der Waals surface area contributed by atoms with E-state index in [0.29, 0.717) is 12.0 Å². The quantitative estimate of drug-likeness (QED) is 0.432. The van der Waals surface area contributed by atoms with Crippen LogP contribution < -0.4 is 0 Å². The average molecular weight is 416 g/mol. The molecule has 29 heavy (non-hydrogen) atoms. The van der Waals surface area contributed by atoms with E-state index >= 15 is 0 Å². The minimum atomic E-state index is -4.86. The molecule has 0 fully saturated rings. The maximum Gasteiger partial charge on any atom is 0.416 e. The van der Waals surface area contributed by atoms with Crippen molar-refractivity contribution >= 4 is 0 Å². The van der Waals surface area contributed by atoms with Crippen LogP contribution >= 0.6 is 0 Å². The van der Waals surface area contributed by atoms with Crippen LogP contribution in [0.5, 0.6) is 0 Å². The lowest BCUT2D eigenvalue weighted by atomic mass is 9.72. The Morgan fingerprint density at radius 3 is 1.28 bits per heavy atom. The first-order chi connectivity index (χ1) is 13.1. The van der Waals surface area contributed by atoms with Gasteiger partial charge in [0.1, 0.15) is 0 Å². The summed E-state index contributed by atoms with van der Waals surface area (Å²) in [7, 11) is 0. The van der Waals surface area contributed by atoms with Gasteiger partial charge in [0.05, 0.1) is 11.1 Å². The second kappa shape index (κ2) is 7.69. The van der Waals surface area contributed by atoms with Gasteiger partial charge < -0.3 is 0 Å². The average Bonchev–Trinajstić information content (AvgIpc) is 2.65. The fourth-order valence-electron chi connectivity index (χ4n) is 3.34. The molecule has 0 aliphatic carbocycles. The molecule has 0 nitrogen and oxygen atoms in total. The van der Waals surface area contributed by atoms with Crippen molar-refractivity contribution < 1.29 is 26.3 Å². The highest BCUT2D eigenvalue weighted by molar-refractivity contribution is 5.45. The van der Waals surface area contributed by atoms with E-state index in [0.717, 1.165) is 24.1 Å². The van der Waals surface area contributed by atoms with Crippen molar-refractivity contribution in [2.24, 2.45) is 0 Å². The maximum absolute atomic E-state index is 13.3. The van der Waals surface area contributed by atoms with Crippen LogP contribution in [0, 0.1) is 0 Å². The maximum atomic E-state index is 13.3. The van der Waals surface area contributed by atoms with Crippen LogP contribution in [0.2, 0.25) is 0 Å². The Morgan fingerprint density at radius 1 is 0.552 bits per heavy atom. The van der Waals surface area contributed by atoms with E-state index in [1.165, 1.54) is 0 Å². The topological polar surface area (TPSA) is 0 Å². The van der Waals surface area contributed by atoms with Gasteiger partial charge in [0.25, 0.3) is 0 Å². The summed E-state index contributed by atoms with van der Waals surface area (Å²) < 4.78 is 79.7. The molecule has 0 spiro atoms. The van der Waals surface area contributed by atoms with Crippen molar-refractivity contribution in [2.45, 2.75) is 70.6 Å². The highest BCUT2D eigenvalue weighted by Gasteiger charge is 2.39. The van der Waals surface area contributed by atoms with Crippen LogP contribution in [-0.2, 0) is 23.2 Å². The monoisotopic (exact) mass is 416 g/mol. The second-order valence-electron chi connectivity index (χ2n) is 8.30. The summed E-state index contributed by atoms with van der Waals surface area (Å²) in [6.45, 7) is 9.68. The minimum Gasteiger partial charge on any atom is -0.166 e. The van der Waals surface area contributed by atoms with Crippen LogP contribution in [0.15, 0.2) is 42.5 Å². The molecule has 0 saturated carbocycles. The number of rotatable bonds is 5. The van der Waals surface area contributed by atoms with Crippen LogP contribution in [0.4, 0.5) is 26.3 Å². The number of benzene rings is 2. The third-order valence-electron chi connectivity index (χ3n) is 6.12. The summed E-state index contributed by atoms with van der Waals surface area (Å²) in [5.41, 5.74) is -1.87. The lowest BCUT2D eigenvalue weighted by Gasteiger charge is -2.32. The predicted molar refractivity (Wildman–Crippen MR) is 103 cm³/mol. The second-order valence-corrected chi connectivity index (χ2v) is 8.30. The Balaban J connectivity index is 2.65. The van der Waals surface area contributed by atoms with Gasteiger partial charge >= 0.3 is 12.4 Å². The van der Waals surface area contributed by atoms with Crippen LogP contribution in [-0.4, -0.2) is 0 Å². The molecule has 0 radical (unpaired) electrons. The summed E-state index contributed by atoms with van der Waals surface area (Å²) in [5.74, 6) is 0. The van der Waals surface area contributed by atoms with E-state index in [4.69, 9.17) is 0 Å². The Labute approximate surface area is 167 Å². The van der Waals surface area contributed by atoms with E-state index in [2.05, 4.69) is 20.8 Å². The molecule has 0 bridgehead atoms. The standard InChI is InChI=1S/C23H26F6/c1-6-20(3,4)15-8-10-16(11-9-15)21(5,7-2)17-12-18(22(24,25)26)14-19(13-17)23(27,28)29/h8-14H,6-7H2,1-5H3. The summed E-state index contributed by atoms with van der Waals surface area (Å²) in [6, 6.07) is 9.28. The third kappa shape index (κ3) is 4.78. The van der Waals surface area contributed by atoms with Crippen molar-refractivity contribution in [3.05, 3.63) is 70.3 Å². The molecule has 1 unspecified atom stereocenters. The van der Waals surface area contributed by atoms with Crippen molar-refractivity contribution in [1.82, 2.24) is 0 Å². The zero-order valence-corrected chi connectivity index (χ0v) is 17.2. The third-order valence-corrected chi connectivity index (χ3v) is 6.12. The van der Waals surface area contributed by atoms with Crippen LogP contribution in [0.3, 0.4) is 0 Å². The molecular formula is C23H26F6. The van der Waals surface area contributed by atoms with Gasteiger partial charge in [-0.3, -0.25) is 0 Å². The highest BCUT2D eigenvalue weighted by Crippen LogP contribution is 2.42. The van der Waals surface area contributed by atoms with Gasteiger partial charge in [-0.1, -0.05) is 58.9 Å². The van der Waals surface area contributed by atoms with Crippen molar-refractivity contribution in [3.8, 4) is 0 Å². The molecule has 0 aliphatic heterocycles. The molecule has 2 rings (SSSR count). The summed E-state index contributed by atoms with van der Waals surface area (Å²) in [4.78, 5) is 0. The van der Waals surface area contributed by atoms with Gasteiger partial charge in [0.15, 0.2) is 0 Å². The molecule has 160 valence electrons. The normalized spacial score (nSPS) is 15.3. The van der Waals surface area contributed by atoms with Gasteiger partial charge in [-0.05, 0) is 53.1 Å². The highest BCUT2D eigenvalue weighted by atomic mass is 19.4. The molecule has 0 N–H and O–H groups in total. The van der Waals surface area contributed by atoms with Crippen molar-refractivity contribution in [2.75, 3.05) is 0 Å². The van der Waals surface area contributed by atoms with E-state index in [-0.39, 0.29) is 17.0 Å². The summed E-state index contributed by atoms with van der Waals surface area (Å²) >= 11 is 0. The Morgan fingerprint density at radius 2 is 0.931 bits per heavy atom. The van der Waals surface area contributed by atoms with Gasteiger partial charge in [-0.25, -0.2) is 0 Å². The van der Waals surface area contributed by atoms with E-state index < -0.39 is 28.9 Å². The molecule has 0 heterocycles. The Hall–Kier alpha value is -1.98. The van der Waals surface area contributed by atoms with Gasteiger partial charge in [0.2, 0.25) is 0 Å². The number of halogens is 6. The Bertz CT molecular complexity index is 811. The number of hydrogen-bond donors (Lipinski definition) is 0. The smallest absolute Gasteiger partial charge is 0.166 e. The van der Waals surface area contributed by atoms with Gasteiger partial charge in [-0.2, -0.15) is 26.3 Å². The SMILES string of the molecule is CCC(C)(C)c1ccc(C(C)(CC)c2cc(C(F)(F)F)cc(C(F)(F)F)c2)cc1. The fraction of sp³-hybridized carbons (Fsp3) is 0.478. The van der Waals surface area contributed by atoms with E-state index in [1.54, 1.807) is 13.8 Å². The molecule has 2 aromatic carbocycles. The molecule has 0 amide bonds. The van der Waals surface area contributed by atoms with E-state index in [1.807, 2.05) is 24.3 Å². The lowest BCUT2D eigenvalue weighted by molar-refractivity contribution is -0.143. The Kier molecular flexibility index (Phi) is 6.18. The first-order valence-corrected chi connectivity index (χ1v) is 9.56. The van der Waals surface area contributed by atoms with Crippen molar-refractivity contribution in [3.63, 3.8) is 0 Å². The largest absolute Gasteiger partial charge is 0.416 e. The lowest BCUT2D eigenvalue weighted by Crippen LogP contribution is -2.25. The molecular weight excluding hydrogens is 390 g/mol. The summed E-state index contributed by atoms with van der Waals surface area (Å²) in [5, 5.41) is 0. The fourth-order valence-corrected chi connectivity index (χ4v) is 3.34. The number of hydrogen-bond acceptors (Lipinski definition) is 0. The predicted octanol–water partition coefficient (Wildman–Crippen LogP) is 8.13. The minimum absolute atomic E-state index is 0.00431. The zero-order valence-electron chi connectivity index (χ0n) is 17.2. The van der Waals surface area contributed by atoms with E-state index in [9.17, 15) is 26.3 Å². The molecule has 2 aromatic rings. The zero-order chi connectivity index (χ0) is 22.3. The first kappa shape index (κ1) is 23.3. The number of alkyl halides is 6. The van der Waals surface area contributed by atoms with Crippen LogP contribution in [0.1, 0.15) is 75.3 Å². The molecule has 6 heteroatoms. The summed E-state index contributed by atoms with van der Waals surface area (Å²) in [6.07, 6.45) is -8.47. The van der Waals surface area contributed by atoms with Gasteiger partial charge in [0, 0.05) is 5.41 Å². The van der Waals surface area contributed by atoms with Crippen LogP contribution in [0.25, 0.3) is 0 Å². The molecule has 0 aliphatic rings. The van der Waals surface area contributed by atoms with Gasteiger partial charge in [-0.15, -0.1) is 0 Å². The molecule has 1 atom stereocenters.